The third kappa shape index (κ3) is 4.32. The summed E-state index contributed by atoms with van der Waals surface area (Å²) in [5.41, 5.74) is 4.50. The van der Waals surface area contributed by atoms with Crippen LogP contribution in [0, 0.1) is 20.8 Å². The third-order valence-corrected chi connectivity index (χ3v) is 6.48. The average Bonchev–Trinajstić information content (AvgIpc) is 3.50. The van der Waals surface area contributed by atoms with Gasteiger partial charge in [-0.2, -0.15) is 11.3 Å². The fourth-order valence-corrected chi connectivity index (χ4v) is 4.63. The van der Waals surface area contributed by atoms with E-state index in [9.17, 15) is 14.4 Å². The number of esters is 1. The molecule has 0 aliphatic heterocycles. The number of nitrogens with zero attached hydrogens (tertiary/aromatic N) is 3. The molecule has 174 valence electrons. The molecule has 0 radical (unpaired) electrons. The SMILES string of the molecule is Cc1cc(C(=O)COC(=O)/C=C/c2ccsc2)c(C)n1-c1c(C)n(C)n(-c2ccccc2)c1=O. The van der Waals surface area contributed by atoms with Crippen molar-refractivity contribution in [1.29, 1.82) is 0 Å². The molecule has 8 heteroatoms. The normalized spacial score (nSPS) is 11.3. The van der Waals surface area contributed by atoms with E-state index in [2.05, 4.69) is 0 Å². The number of carbonyl (C=O) groups is 2. The summed E-state index contributed by atoms with van der Waals surface area (Å²) in [6, 6.07) is 13.0. The van der Waals surface area contributed by atoms with Crippen molar-refractivity contribution >= 4 is 29.2 Å². The van der Waals surface area contributed by atoms with Crippen molar-refractivity contribution in [3.8, 4) is 11.4 Å². The van der Waals surface area contributed by atoms with Gasteiger partial charge in [-0.25, -0.2) is 9.48 Å². The van der Waals surface area contributed by atoms with E-state index in [1.54, 1.807) is 33.0 Å². The Morgan fingerprint density at radius 2 is 1.79 bits per heavy atom. The predicted octanol–water partition coefficient (Wildman–Crippen LogP) is 4.39. The maximum atomic E-state index is 13.4. The van der Waals surface area contributed by atoms with Gasteiger partial charge in [0.1, 0.15) is 5.69 Å². The van der Waals surface area contributed by atoms with Gasteiger partial charge in [0.25, 0.3) is 5.56 Å². The lowest BCUT2D eigenvalue weighted by Crippen LogP contribution is -2.22. The molecular weight excluding hydrogens is 450 g/mol. The van der Waals surface area contributed by atoms with E-state index in [-0.39, 0.29) is 17.9 Å². The number of ether oxygens (including phenoxy) is 1. The molecule has 0 bridgehead atoms. The Bertz CT molecular complexity index is 1440. The summed E-state index contributed by atoms with van der Waals surface area (Å²) in [5, 5.41) is 3.81. The highest BCUT2D eigenvalue weighted by Crippen LogP contribution is 2.23. The summed E-state index contributed by atoms with van der Waals surface area (Å²) in [6.07, 6.45) is 2.95. The molecule has 0 saturated carbocycles. The number of hydrogen-bond donors (Lipinski definition) is 0. The molecule has 0 saturated heterocycles. The van der Waals surface area contributed by atoms with Crippen LogP contribution in [0.25, 0.3) is 17.5 Å². The molecule has 34 heavy (non-hydrogen) atoms. The Morgan fingerprint density at radius 1 is 1.06 bits per heavy atom. The summed E-state index contributed by atoms with van der Waals surface area (Å²) >= 11 is 1.53. The second-order valence-corrected chi connectivity index (χ2v) is 8.73. The lowest BCUT2D eigenvalue weighted by Gasteiger charge is -2.08. The lowest BCUT2D eigenvalue weighted by atomic mass is 10.1. The summed E-state index contributed by atoms with van der Waals surface area (Å²) in [4.78, 5) is 38.3. The number of Topliss-reactive ketones (excluding diaryl/α,β-unsaturated/α-hetero) is 1. The van der Waals surface area contributed by atoms with Gasteiger partial charge in [-0.15, -0.1) is 0 Å². The molecule has 0 spiro atoms. The van der Waals surface area contributed by atoms with Gasteiger partial charge in [-0.05, 0) is 67.4 Å². The molecular formula is C26H25N3O4S. The van der Waals surface area contributed by atoms with E-state index in [1.165, 1.54) is 17.4 Å². The lowest BCUT2D eigenvalue weighted by molar-refractivity contribution is -0.136. The molecule has 0 aliphatic rings. The first kappa shape index (κ1) is 23.3. The van der Waals surface area contributed by atoms with Crippen molar-refractivity contribution in [2.24, 2.45) is 7.05 Å². The molecule has 0 fully saturated rings. The number of aryl methyl sites for hydroxylation is 1. The van der Waals surface area contributed by atoms with E-state index in [1.807, 2.05) is 68.1 Å². The fourth-order valence-electron chi connectivity index (χ4n) is 4.00. The van der Waals surface area contributed by atoms with Crippen LogP contribution in [-0.4, -0.2) is 32.3 Å². The molecule has 4 aromatic rings. The van der Waals surface area contributed by atoms with Crippen LogP contribution >= 0.6 is 11.3 Å². The Labute approximate surface area is 201 Å². The second kappa shape index (κ2) is 9.52. The summed E-state index contributed by atoms with van der Waals surface area (Å²) in [7, 11) is 1.83. The number of para-hydroxylation sites is 1. The molecule has 3 heterocycles. The Hall–Kier alpha value is -3.91. The highest BCUT2D eigenvalue weighted by Gasteiger charge is 2.24. The molecule has 0 amide bonds. The van der Waals surface area contributed by atoms with Gasteiger partial charge in [0.15, 0.2) is 6.61 Å². The third-order valence-electron chi connectivity index (χ3n) is 5.78. The van der Waals surface area contributed by atoms with Gasteiger partial charge >= 0.3 is 5.97 Å². The first-order valence-corrected chi connectivity index (χ1v) is 11.7. The van der Waals surface area contributed by atoms with Crippen molar-refractivity contribution in [3.05, 3.63) is 97.9 Å². The van der Waals surface area contributed by atoms with E-state index in [4.69, 9.17) is 4.74 Å². The van der Waals surface area contributed by atoms with Crippen molar-refractivity contribution < 1.29 is 14.3 Å². The first-order valence-electron chi connectivity index (χ1n) is 10.7. The minimum absolute atomic E-state index is 0.183. The van der Waals surface area contributed by atoms with Gasteiger partial charge < -0.3 is 9.30 Å². The monoisotopic (exact) mass is 475 g/mol. The number of carbonyl (C=O) groups excluding carboxylic acids is 2. The topological polar surface area (TPSA) is 75.2 Å². The quantitative estimate of drug-likeness (QED) is 0.226. The molecule has 0 N–H and O–H groups in total. The van der Waals surface area contributed by atoms with Crippen LogP contribution in [0.15, 0.2) is 64.1 Å². The Morgan fingerprint density at radius 3 is 2.47 bits per heavy atom. The second-order valence-electron chi connectivity index (χ2n) is 7.95. The molecule has 3 aromatic heterocycles. The highest BCUT2D eigenvalue weighted by atomic mass is 32.1. The number of rotatable bonds is 7. The Kier molecular flexibility index (Phi) is 6.51. The number of hydrogen-bond acceptors (Lipinski definition) is 5. The molecule has 0 atom stereocenters. The van der Waals surface area contributed by atoms with E-state index in [0.717, 1.165) is 22.6 Å². The van der Waals surface area contributed by atoms with Crippen LogP contribution in [0.3, 0.4) is 0 Å². The molecule has 0 unspecified atom stereocenters. The zero-order valence-corrected chi connectivity index (χ0v) is 20.3. The predicted molar refractivity (Wildman–Crippen MR) is 133 cm³/mol. The molecule has 1 aromatic carbocycles. The van der Waals surface area contributed by atoms with Crippen LogP contribution in [0.5, 0.6) is 0 Å². The average molecular weight is 476 g/mol. The molecule has 7 nitrogen and oxygen atoms in total. The van der Waals surface area contributed by atoms with Crippen LogP contribution in [-0.2, 0) is 16.6 Å². The minimum atomic E-state index is -0.585. The van der Waals surface area contributed by atoms with Gasteiger partial charge in [0, 0.05) is 30.1 Å². The smallest absolute Gasteiger partial charge is 0.331 e. The number of thiophene rings is 1. The van der Waals surface area contributed by atoms with Crippen molar-refractivity contribution in [1.82, 2.24) is 13.9 Å². The highest BCUT2D eigenvalue weighted by molar-refractivity contribution is 7.08. The van der Waals surface area contributed by atoms with Gasteiger partial charge in [-0.1, -0.05) is 18.2 Å². The fraction of sp³-hybridized carbons (Fsp3) is 0.192. The number of benzene rings is 1. The Balaban J connectivity index is 1.60. The summed E-state index contributed by atoms with van der Waals surface area (Å²) in [6.45, 7) is 5.13. The standard InChI is InChI=1S/C26H25N3O4S/c1-17-14-22(23(30)15-33-24(31)11-10-20-12-13-34-16-20)18(2)28(17)25-19(3)27(4)29(26(25)32)21-8-6-5-7-9-21/h5-14,16H,15H2,1-4H3/b11-10+. The van der Waals surface area contributed by atoms with Crippen LogP contribution in [0.2, 0.25) is 0 Å². The van der Waals surface area contributed by atoms with Gasteiger partial charge in [0.05, 0.1) is 11.4 Å². The number of ketones is 1. The van der Waals surface area contributed by atoms with Crippen molar-refractivity contribution in [2.45, 2.75) is 20.8 Å². The largest absolute Gasteiger partial charge is 0.454 e. The van der Waals surface area contributed by atoms with E-state index in [0.29, 0.717) is 16.9 Å². The first-order chi connectivity index (χ1) is 16.3. The van der Waals surface area contributed by atoms with Crippen LogP contribution < -0.4 is 5.56 Å². The summed E-state index contributed by atoms with van der Waals surface area (Å²) < 4.78 is 10.3. The zero-order valence-electron chi connectivity index (χ0n) is 19.4. The number of aromatic nitrogens is 3. The minimum Gasteiger partial charge on any atom is -0.454 e. The van der Waals surface area contributed by atoms with Crippen LogP contribution in [0.1, 0.15) is 33.0 Å². The van der Waals surface area contributed by atoms with Crippen LogP contribution in [0.4, 0.5) is 0 Å². The van der Waals surface area contributed by atoms with Gasteiger partial charge in [0.2, 0.25) is 5.78 Å². The van der Waals surface area contributed by atoms with E-state index < -0.39 is 5.97 Å². The van der Waals surface area contributed by atoms with Gasteiger partial charge in [-0.3, -0.25) is 14.3 Å². The summed E-state index contributed by atoms with van der Waals surface area (Å²) in [5.74, 6) is -0.911. The van der Waals surface area contributed by atoms with Crippen molar-refractivity contribution in [2.75, 3.05) is 6.61 Å². The van der Waals surface area contributed by atoms with E-state index >= 15 is 0 Å². The molecule has 0 aliphatic carbocycles. The zero-order chi connectivity index (χ0) is 24.4. The van der Waals surface area contributed by atoms with Crippen molar-refractivity contribution in [3.63, 3.8) is 0 Å². The maximum absolute atomic E-state index is 13.4. The molecule has 4 rings (SSSR count). The maximum Gasteiger partial charge on any atom is 0.331 e.